The lowest BCUT2D eigenvalue weighted by molar-refractivity contribution is -0.116. The van der Waals surface area contributed by atoms with Gasteiger partial charge in [0.05, 0.1) is 24.3 Å². The third-order valence-corrected chi connectivity index (χ3v) is 6.08. The Labute approximate surface area is 205 Å². The van der Waals surface area contributed by atoms with E-state index in [2.05, 4.69) is 39.1 Å². The number of ether oxygens (including phenoxy) is 1. The summed E-state index contributed by atoms with van der Waals surface area (Å²) in [6, 6.07) is 13.5. The van der Waals surface area contributed by atoms with Gasteiger partial charge in [-0.05, 0) is 66.5 Å². The van der Waals surface area contributed by atoms with Gasteiger partial charge >= 0.3 is 0 Å². The summed E-state index contributed by atoms with van der Waals surface area (Å²) in [7, 11) is 0. The van der Waals surface area contributed by atoms with Crippen LogP contribution in [-0.4, -0.2) is 17.6 Å². The fraction of sp³-hybridized carbons (Fsp3) is 0.517. The molecule has 2 rings (SSSR count). The molecule has 0 bridgehead atoms. The Morgan fingerprint density at radius 1 is 1.15 bits per heavy atom. The van der Waals surface area contributed by atoms with Crippen LogP contribution in [-0.2, 0) is 10.2 Å². The van der Waals surface area contributed by atoms with Gasteiger partial charge in [-0.25, -0.2) is 0 Å². The zero-order valence-corrected chi connectivity index (χ0v) is 21.6. The van der Waals surface area contributed by atoms with Crippen molar-refractivity contribution in [2.24, 2.45) is 0 Å². The standard InChI is InChI=1S/C29H40N2O3/c1-7-9-10-11-23(24-14-12-21(19-30)16-27(24)34-8-2)18-28(33)31-26-17-22(20(3)32)13-15-25(26)29(4,5)6/h12-17,20,23,32H,7-11,18H2,1-6H3,(H,31,33). The normalized spacial score (nSPS) is 13.1. The van der Waals surface area contributed by atoms with Gasteiger partial charge in [-0.3, -0.25) is 4.79 Å². The number of aliphatic hydroxyl groups is 1. The number of benzene rings is 2. The number of aliphatic hydroxyl groups excluding tert-OH is 1. The van der Waals surface area contributed by atoms with Crippen LogP contribution in [0.4, 0.5) is 5.69 Å². The summed E-state index contributed by atoms with van der Waals surface area (Å²) in [6.45, 7) is 12.6. The molecule has 0 radical (unpaired) electrons. The van der Waals surface area contributed by atoms with Crippen LogP contribution in [0.1, 0.15) is 108 Å². The molecule has 2 aromatic rings. The number of carbonyl (C=O) groups is 1. The molecule has 0 fully saturated rings. The van der Waals surface area contributed by atoms with Crippen LogP contribution in [0.5, 0.6) is 5.75 Å². The molecule has 0 saturated carbocycles. The monoisotopic (exact) mass is 464 g/mol. The lowest BCUT2D eigenvalue weighted by atomic mass is 9.84. The minimum Gasteiger partial charge on any atom is -0.494 e. The van der Waals surface area contributed by atoms with E-state index in [1.807, 2.05) is 31.2 Å². The van der Waals surface area contributed by atoms with Gasteiger partial charge in [0.25, 0.3) is 0 Å². The van der Waals surface area contributed by atoms with Crippen LogP contribution in [0.25, 0.3) is 0 Å². The van der Waals surface area contributed by atoms with Crippen molar-refractivity contribution in [3.8, 4) is 11.8 Å². The minimum absolute atomic E-state index is 0.0149. The fourth-order valence-corrected chi connectivity index (χ4v) is 4.23. The molecule has 5 nitrogen and oxygen atoms in total. The average Bonchev–Trinajstić information content (AvgIpc) is 2.78. The van der Waals surface area contributed by atoms with E-state index in [-0.39, 0.29) is 17.2 Å². The molecular weight excluding hydrogens is 424 g/mol. The van der Waals surface area contributed by atoms with Crippen molar-refractivity contribution < 1.29 is 14.6 Å². The molecule has 2 unspecified atom stereocenters. The highest BCUT2D eigenvalue weighted by atomic mass is 16.5. The van der Waals surface area contributed by atoms with Gasteiger partial charge < -0.3 is 15.2 Å². The van der Waals surface area contributed by atoms with Crippen LogP contribution in [0.2, 0.25) is 0 Å². The molecule has 5 heteroatoms. The first kappa shape index (κ1) is 27.4. The zero-order valence-electron chi connectivity index (χ0n) is 21.6. The second kappa shape index (κ2) is 12.6. The second-order valence-corrected chi connectivity index (χ2v) is 9.97. The van der Waals surface area contributed by atoms with Gasteiger partial charge in [0.2, 0.25) is 5.91 Å². The van der Waals surface area contributed by atoms with Crippen molar-refractivity contribution in [1.29, 1.82) is 5.26 Å². The number of hydrogen-bond donors (Lipinski definition) is 2. The smallest absolute Gasteiger partial charge is 0.224 e. The van der Waals surface area contributed by atoms with Crippen molar-refractivity contribution in [3.63, 3.8) is 0 Å². The summed E-state index contributed by atoms with van der Waals surface area (Å²) in [5.74, 6) is 0.600. The van der Waals surface area contributed by atoms with E-state index in [9.17, 15) is 15.2 Å². The van der Waals surface area contributed by atoms with Crippen LogP contribution in [0.15, 0.2) is 36.4 Å². The molecule has 2 aromatic carbocycles. The fourth-order valence-electron chi connectivity index (χ4n) is 4.23. The zero-order chi connectivity index (χ0) is 25.3. The first-order valence-corrected chi connectivity index (χ1v) is 12.4. The van der Waals surface area contributed by atoms with E-state index in [0.29, 0.717) is 24.3 Å². The van der Waals surface area contributed by atoms with Gasteiger partial charge in [-0.2, -0.15) is 5.26 Å². The predicted molar refractivity (Wildman–Crippen MR) is 138 cm³/mol. The second-order valence-electron chi connectivity index (χ2n) is 9.97. The van der Waals surface area contributed by atoms with E-state index in [1.54, 1.807) is 19.1 Å². The van der Waals surface area contributed by atoms with Crippen molar-refractivity contribution in [1.82, 2.24) is 0 Å². The van der Waals surface area contributed by atoms with Crippen molar-refractivity contribution >= 4 is 11.6 Å². The number of unbranched alkanes of at least 4 members (excludes halogenated alkanes) is 2. The summed E-state index contributed by atoms with van der Waals surface area (Å²) in [5, 5.41) is 22.5. The van der Waals surface area contributed by atoms with E-state index >= 15 is 0 Å². The molecule has 0 spiro atoms. The quantitative estimate of drug-likeness (QED) is 0.351. The van der Waals surface area contributed by atoms with E-state index in [0.717, 1.165) is 48.1 Å². The number of rotatable bonds is 11. The number of nitrogens with one attached hydrogen (secondary N) is 1. The SMILES string of the molecule is CCCCCC(CC(=O)Nc1cc(C(C)O)ccc1C(C)(C)C)c1ccc(C#N)cc1OCC. The first-order valence-electron chi connectivity index (χ1n) is 12.4. The number of anilines is 1. The Morgan fingerprint density at radius 2 is 1.88 bits per heavy atom. The lowest BCUT2D eigenvalue weighted by Crippen LogP contribution is -2.21. The molecule has 0 saturated heterocycles. The maximum Gasteiger partial charge on any atom is 0.224 e. The summed E-state index contributed by atoms with van der Waals surface area (Å²) in [5.41, 5.74) is 3.91. The molecular formula is C29H40N2O3. The highest BCUT2D eigenvalue weighted by molar-refractivity contribution is 5.92. The van der Waals surface area contributed by atoms with Crippen molar-refractivity contribution in [2.75, 3.05) is 11.9 Å². The number of amides is 1. The summed E-state index contributed by atoms with van der Waals surface area (Å²) >= 11 is 0. The minimum atomic E-state index is -0.612. The van der Waals surface area contributed by atoms with Crippen LogP contribution in [0, 0.1) is 11.3 Å². The Kier molecular flexibility index (Phi) is 10.1. The molecule has 2 N–H and O–H groups in total. The van der Waals surface area contributed by atoms with Gasteiger partial charge in [0.1, 0.15) is 5.75 Å². The largest absolute Gasteiger partial charge is 0.494 e. The topological polar surface area (TPSA) is 82.4 Å². The van der Waals surface area contributed by atoms with Crippen molar-refractivity contribution in [2.45, 2.75) is 91.1 Å². The summed E-state index contributed by atoms with van der Waals surface area (Å²) < 4.78 is 5.86. The molecule has 0 aromatic heterocycles. The van der Waals surface area contributed by atoms with E-state index in [1.165, 1.54) is 0 Å². The number of nitriles is 1. The molecule has 184 valence electrons. The van der Waals surface area contributed by atoms with Gasteiger partial charge in [-0.15, -0.1) is 0 Å². The van der Waals surface area contributed by atoms with Gasteiger partial charge in [0, 0.05) is 12.1 Å². The van der Waals surface area contributed by atoms with E-state index in [4.69, 9.17) is 4.74 Å². The van der Waals surface area contributed by atoms with Crippen LogP contribution >= 0.6 is 0 Å². The first-order chi connectivity index (χ1) is 16.1. The Hall–Kier alpha value is -2.84. The summed E-state index contributed by atoms with van der Waals surface area (Å²) in [6.07, 6.45) is 3.80. The molecule has 0 aliphatic rings. The predicted octanol–water partition coefficient (Wildman–Crippen LogP) is 7.00. The molecule has 0 aliphatic carbocycles. The van der Waals surface area contributed by atoms with E-state index < -0.39 is 6.10 Å². The Balaban J connectivity index is 2.36. The van der Waals surface area contributed by atoms with Crippen LogP contribution in [0.3, 0.4) is 0 Å². The highest BCUT2D eigenvalue weighted by Gasteiger charge is 2.23. The van der Waals surface area contributed by atoms with Crippen molar-refractivity contribution in [3.05, 3.63) is 58.7 Å². The highest BCUT2D eigenvalue weighted by Crippen LogP contribution is 2.36. The van der Waals surface area contributed by atoms with Crippen LogP contribution < -0.4 is 10.1 Å². The number of carbonyl (C=O) groups excluding carboxylic acids is 1. The third-order valence-electron chi connectivity index (χ3n) is 6.08. The Bertz CT molecular complexity index is 999. The number of nitrogens with zero attached hydrogens (tertiary/aromatic N) is 1. The molecule has 0 heterocycles. The molecule has 1 amide bonds. The van der Waals surface area contributed by atoms with Gasteiger partial charge in [-0.1, -0.05) is 65.2 Å². The average molecular weight is 465 g/mol. The third kappa shape index (κ3) is 7.60. The molecule has 0 aliphatic heterocycles. The lowest BCUT2D eigenvalue weighted by Gasteiger charge is -2.25. The van der Waals surface area contributed by atoms with Gasteiger partial charge in [0.15, 0.2) is 0 Å². The maximum absolute atomic E-state index is 13.3. The number of hydrogen-bond acceptors (Lipinski definition) is 4. The summed E-state index contributed by atoms with van der Waals surface area (Å²) in [4.78, 5) is 13.3. The maximum atomic E-state index is 13.3. The molecule has 34 heavy (non-hydrogen) atoms. The Morgan fingerprint density at radius 3 is 2.47 bits per heavy atom. The molecule has 2 atom stereocenters.